The van der Waals surface area contributed by atoms with Gasteiger partial charge in [-0.3, -0.25) is 9.59 Å². The molecule has 2 aromatic carbocycles. The van der Waals surface area contributed by atoms with Gasteiger partial charge in [0.05, 0.1) is 40.9 Å². The molecule has 7 nitrogen and oxygen atoms in total. The van der Waals surface area contributed by atoms with E-state index in [0.29, 0.717) is 34.2 Å². The van der Waals surface area contributed by atoms with Crippen molar-refractivity contribution in [3.63, 3.8) is 0 Å². The van der Waals surface area contributed by atoms with Gasteiger partial charge in [0.15, 0.2) is 17.3 Å². The highest BCUT2D eigenvalue weighted by atomic mass is 32.1. The third-order valence-electron chi connectivity index (χ3n) is 6.11. The minimum absolute atomic E-state index is 0.0457. The maximum Gasteiger partial charge on any atom is 0.290 e. The van der Waals surface area contributed by atoms with Crippen LogP contribution in [0.3, 0.4) is 0 Å². The Bertz CT molecular complexity index is 1300. The Kier molecular flexibility index (Phi) is 7.74. The summed E-state index contributed by atoms with van der Waals surface area (Å²) in [6.45, 7) is 6.45. The van der Waals surface area contributed by atoms with Crippen LogP contribution >= 0.6 is 11.3 Å². The summed E-state index contributed by atoms with van der Waals surface area (Å²) in [6, 6.07) is 14.1. The summed E-state index contributed by atoms with van der Waals surface area (Å²) in [4.78, 5) is 33.4. The second-order valence-corrected chi connectivity index (χ2v) is 9.88. The Morgan fingerprint density at radius 1 is 1.14 bits per heavy atom. The van der Waals surface area contributed by atoms with Gasteiger partial charge in [0, 0.05) is 6.54 Å². The second-order valence-electron chi connectivity index (χ2n) is 8.67. The van der Waals surface area contributed by atoms with Gasteiger partial charge in [0.1, 0.15) is 0 Å². The SMILES string of the molecule is CCCCOc1ccc(C2C(C(=O)c3sc(C)nc3C)=C(O)C(=O)N2Cc2ccccc2)cc1OC. The number of ketones is 1. The fourth-order valence-electron chi connectivity index (χ4n) is 4.34. The van der Waals surface area contributed by atoms with Crippen LogP contribution in [0.4, 0.5) is 0 Å². The second kappa shape index (κ2) is 11.0. The van der Waals surface area contributed by atoms with Crippen LogP contribution in [0.2, 0.25) is 0 Å². The van der Waals surface area contributed by atoms with Crippen molar-refractivity contribution >= 4 is 23.0 Å². The van der Waals surface area contributed by atoms with Crippen LogP contribution in [0.1, 0.15) is 57.3 Å². The molecule has 2 heterocycles. The molecule has 188 valence electrons. The monoisotopic (exact) mass is 506 g/mol. The number of thiazole rings is 1. The van der Waals surface area contributed by atoms with Crippen molar-refractivity contribution in [2.45, 2.75) is 46.2 Å². The summed E-state index contributed by atoms with van der Waals surface area (Å²) < 4.78 is 11.5. The molecular formula is C28H30N2O5S. The maximum absolute atomic E-state index is 13.7. The van der Waals surface area contributed by atoms with E-state index in [1.807, 2.05) is 43.3 Å². The number of aryl methyl sites for hydroxylation is 2. The Hall–Kier alpha value is -3.65. The molecule has 0 saturated heterocycles. The maximum atomic E-state index is 13.7. The number of hydrogen-bond acceptors (Lipinski definition) is 7. The average molecular weight is 507 g/mol. The number of aliphatic hydroxyl groups is 1. The average Bonchev–Trinajstić information content (AvgIpc) is 3.35. The molecule has 1 aliphatic rings. The Morgan fingerprint density at radius 2 is 1.89 bits per heavy atom. The number of ether oxygens (including phenoxy) is 2. The lowest BCUT2D eigenvalue weighted by molar-refractivity contribution is -0.130. The van der Waals surface area contributed by atoms with Crippen LogP contribution in [0.15, 0.2) is 59.9 Å². The number of hydrogen-bond donors (Lipinski definition) is 1. The van der Waals surface area contributed by atoms with Gasteiger partial charge in [-0.1, -0.05) is 49.7 Å². The minimum atomic E-state index is -0.800. The Morgan fingerprint density at radius 3 is 2.53 bits per heavy atom. The standard InChI is InChI=1S/C28H30N2O5S/c1-5-6-14-35-21-13-12-20(15-22(21)34-4)24-23(25(31)27-17(2)29-18(3)36-27)26(32)28(33)30(24)16-19-10-8-7-9-11-19/h7-13,15,24,32H,5-6,14,16H2,1-4H3. The number of methoxy groups -OCH3 is 1. The van der Waals surface area contributed by atoms with E-state index < -0.39 is 23.5 Å². The van der Waals surface area contributed by atoms with Gasteiger partial charge in [0.25, 0.3) is 5.91 Å². The largest absolute Gasteiger partial charge is 0.503 e. The summed E-state index contributed by atoms with van der Waals surface area (Å²) in [6.07, 6.45) is 1.92. The van der Waals surface area contributed by atoms with E-state index in [-0.39, 0.29) is 12.1 Å². The zero-order chi connectivity index (χ0) is 25.8. The zero-order valence-electron chi connectivity index (χ0n) is 20.9. The molecule has 0 spiro atoms. The molecule has 1 amide bonds. The number of aliphatic hydroxyl groups excluding tert-OH is 1. The lowest BCUT2D eigenvalue weighted by Gasteiger charge is -2.27. The summed E-state index contributed by atoms with van der Waals surface area (Å²) >= 11 is 1.26. The molecule has 1 aromatic heterocycles. The molecule has 1 N–H and O–H groups in total. The highest BCUT2D eigenvalue weighted by Crippen LogP contribution is 2.43. The van der Waals surface area contributed by atoms with Gasteiger partial charge >= 0.3 is 0 Å². The van der Waals surface area contributed by atoms with Crippen molar-refractivity contribution in [2.24, 2.45) is 0 Å². The Labute approximate surface area is 215 Å². The number of nitrogens with zero attached hydrogens (tertiary/aromatic N) is 2. The number of rotatable bonds is 10. The molecule has 0 bridgehead atoms. The molecule has 1 atom stereocenters. The lowest BCUT2D eigenvalue weighted by Crippen LogP contribution is -2.30. The molecule has 1 unspecified atom stereocenters. The van der Waals surface area contributed by atoms with Crippen LogP contribution in [0.5, 0.6) is 11.5 Å². The van der Waals surface area contributed by atoms with E-state index >= 15 is 0 Å². The van der Waals surface area contributed by atoms with Crippen molar-refractivity contribution in [1.29, 1.82) is 0 Å². The van der Waals surface area contributed by atoms with Gasteiger partial charge in [-0.25, -0.2) is 4.98 Å². The van der Waals surface area contributed by atoms with Crippen molar-refractivity contribution in [3.8, 4) is 11.5 Å². The zero-order valence-corrected chi connectivity index (χ0v) is 21.7. The molecule has 36 heavy (non-hydrogen) atoms. The first-order chi connectivity index (χ1) is 17.3. The van der Waals surface area contributed by atoms with E-state index in [1.165, 1.54) is 16.2 Å². The predicted molar refractivity (Wildman–Crippen MR) is 139 cm³/mol. The van der Waals surface area contributed by atoms with Gasteiger partial charge in [0.2, 0.25) is 5.78 Å². The summed E-state index contributed by atoms with van der Waals surface area (Å²) in [5.41, 5.74) is 2.15. The molecule has 4 rings (SSSR count). The molecule has 1 aliphatic heterocycles. The molecule has 0 aliphatic carbocycles. The van der Waals surface area contributed by atoms with Crippen molar-refractivity contribution < 1.29 is 24.2 Å². The molecule has 8 heteroatoms. The summed E-state index contributed by atoms with van der Waals surface area (Å²) in [7, 11) is 1.55. The molecular weight excluding hydrogens is 476 g/mol. The summed E-state index contributed by atoms with van der Waals surface area (Å²) in [5, 5.41) is 11.7. The number of carbonyl (C=O) groups excluding carboxylic acids is 2. The number of aromatic nitrogens is 1. The van der Waals surface area contributed by atoms with Crippen molar-refractivity contribution in [2.75, 3.05) is 13.7 Å². The van der Waals surface area contributed by atoms with Gasteiger partial charge in [-0.05, 0) is 43.5 Å². The van der Waals surface area contributed by atoms with E-state index in [2.05, 4.69) is 11.9 Å². The van der Waals surface area contributed by atoms with Crippen LogP contribution in [0.25, 0.3) is 0 Å². The Balaban J connectivity index is 1.79. The number of unbranched alkanes of at least 4 members (excludes halogenated alkanes) is 1. The molecule has 0 radical (unpaired) electrons. The fourth-order valence-corrected chi connectivity index (χ4v) is 5.21. The van der Waals surface area contributed by atoms with Crippen LogP contribution < -0.4 is 9.47 Å². The van der Waals surface area contributed by atoms with Gasteiger partial charge < -0.3 is 19.5 Å². The fraction of sp³-hybridized carbons (Fsp3) is 0.321. The number of carbonyl (C=O) groups is 2. The van der Waals surface area contributed by atoms with Crippen molar-refractivity contribution in [1.82, 2.24) is 9.88 Å². The first-order valence-electron chi connectivity index (χ1n) is 11.9. The topological polar surface area (TPSA) is 89.0 Å². The van der Waals surface area contributed by atoms with E-state index in [9.17, 15) is 14.7 Å². The lowest BCUT2D eigenvalue weighted by atomic mass is 9.94. The smallest absolute Gasteiger partial charge is 0.290 e. The van der Waals surface area contributed by atoms with E-state index in [4.69, 9.17) is 9.47 Å². The third kappa shape index (κ3) is 4.99. The highest BCUT2D eigenvalue weighted by Gasteiger charge is 2.44. The number of Topliss-reactive ketones (excluding diaryl/α,β-unsaturated/α-hetero) is 1. The van der Waals surface area contributed by atoms with Crippen LogP contribution in [-0.4, -0.2) is 40.4 Å². The van der Waals surface area contributed by atoms with E-state index in [0.717, 1.165) is 23.4 Å². The van der Waals surface area contributed by atoms with Crippen LogP contribution in [0, 0.1) is 13.8 Å². The van der Waals surface area contributed by atoms with Crippen LogP contribution in [-0.2, 0) is 11.3 Å². The first-order valence-corrected chi connectivity index (χ1v) is 12.7. The first kappa shape index (κ1) is 25.4. The number of benzene rings is 2. The van der Waals surface area contributed by atoms with Gasteiger partial charge in [-0.15, -0.1) is 11.3 Å². The molecule has 0 saturated carbocycles. The van der Waals surface area contributed by atoms with Gasteiger partial charge in [-0.2, -0.15) is 0 Å². The molecule has 3 aromatic rings. The summed E-state index contributed by atoms with van der Waals surface area (Å²) in [5.74, 6) is -0.434. The predicted octanol–water partition coefficient (Wildman–Crippen LogP) is 5.73. The quantitative estimate of drug-likeness (QED) is 0.279. The third-order valence-corrected chi connectivity index (χ3v) is 7.18. The minimum Gasteiger partial charge on any atom is -0.503 e. The normalized spacial score (nSPS) is 15.5. The van der Waals surface area contributed by atoms with E-state index in [1.54, 1.807) is 26.2 Å². The molecule has 0 fully saturated rings. The number of amides is 1. The highest BCUT2D eigenvalue weighted by molar-refractivity contribution is 7.14. The van der Waals surface area contributed by atoms with Crippen molar-refractivity contribution in [3.05, 3.63) is 86.6 Å².